The summed E-state index contributed by atoms with van der Waals surface area (Å²) in [6.07, 6.45) is 0. The fourth-order valence-corrected chi connectivity index (χ4v) is 2.95. The molecular formula is C20H24N2O2. The van der Waals surface area contributed by atoms with Gasteiger partial charge in [0.15, 0.2) is 5.78 Å². The largest absolute Gasteiger partial charge is 0.497 e. The highest BCUT2D eigenvalue weighted by atomic mass is 16.5. The maximum atomic E-state index is 12.5. The van der Waals surface area contributed by atoms with E-state index in [0.717, 1.165) is 48.6 Å². The molecular weight excluding hydrogens is 300 g/mol. The van der Waals surface area contributed by atoms with Crippen LogP contribution in [0.15, 0.2) is 48.5 Å². The van der Waals surface area contributed by atoms with E-state index in [4.69, 9.17) is 4.74 Å². The molecule has 0 saturated carbocycles. The number of benzene rings is 2. The van der Waals surface area contributed by atoms with Crippen LogP contribution >= 0.6 is 0 Å². The summed E-state index contributed by atoms with van der Waals surface area (Å²) in [6, 6.07) is 15.8. The van der Waals surface area contributed by atoms with Crippen molar-refractivity contribution in [1.29, 1.82) is 0 Å². The highest BCUT2D eigenvalue weighted by Gasteiger charge is 2.17. The van der Waals surface area contributed by atoms with E-state index in [9.17, 15) is 4.79 Å². The predicted molar refractivity (Wildman–Crippen MR) is 96.7 cm³/mol. The number of piperazine rings is 1. The van der Waals surface area contributed by atoms with Crippen LogP contribution in [0.3, 0.4) is 0 Å². The van der Waals surface area contributed by atoms with Gasteiger partial charge >= 0.3 is 0 Å². The first kappa shape index (κ1) is 16.7. The van der Waals surface area contributed by atoms with Gasteiger partial charge in [-0.15, -0.1) is 0 Å². The number of carbonyl (C=O) groups is 1. The molecule has 3 rings (SSSR count). The third-order valence-corrected chi connectivity index (χ3v) is 4.57. The molecule has 126 valence electrons. The third-order valence-electron chi connectivity index (χ3n) is 4.57. The molecule has 1 fully saturated rings. The lowest BCUT2D eigenvalue weighted by Crippen LogP contribution is -2.46. The molecule has 0 spiro atoms. The van der Waals surface area contributed by atoms with E-state index in [1.165, 1.54) is 0 Å². The molecule has 2 aromatic carbocycles. The minimum atomic E-state index is 0.191. The first-order chi connectivity index (χ1) is 11.7. The first-order valence-electron chi connectivity index (χ1n) is 8.34. The first-order valence-corrected chi connectivity index (χ1v) is 8.34. The summed E-state index contributed by atoms with van der Waals surface area (Å²) >= 11 is 0. The van der Waals surface area contributed by atoms with Crippen LogP contribution in [0.25, 0.3) is 11.1 Å². The van der Waals surface area contributed by atoms with Crippen molar-refractivity contribution in [1.82, 2.24) is 9.80 Å². The molecule has 24 heavy (non-hydrogen) atoms. The van der Waals surface area contributed by atoms with Gasteiger partial charge in [-0.1, -0.05) is 36.4 Å². The van der Waals surface area contributed by atoms with Crippen molar-refractivity contribution >= 4 is 5.78 Å². The average Bonchev–Trinajstić information content (AvgIpc) is 2.64. The van der Waals surface area contributed by atoms with Gasteiger partial charge in [0, 0.05) is 31.7 Å². The lowest BCUT2D eigenvalue weighted by atomic mass is 10.0. The van der Waals surface area contributed by atoms with Crippen molar-refractivity contribution in [3.05, 3.63) is 54.1 Å². The highest BCUT2D eigenvalue weighted by Crippen LogP contribution is 2.24. The lowest BCUT2D eigenvalue weighted by Gasteiger charge is -2.31. The number of carbonyl (C=O) groups excluding carboxylic acids is 1. The fourth-order valence-electron chi connectivity index (χ4n) is 2.95. The number of likely N-dealkylation sites (N-methyl/N-ethyl adjacent to an activating group) is 1. The molecule has 2 aromatic rings. The van der Waals surface area contributed by atoms with Crippen LogP contribution in [0.5, 0.6) is 5.75 Å². The molecule has 1 aliphatic heterocycles. The topological polar surface area (TPSA) is 32.8 Å². The number of methoxy groups -OCH3 is 1. The van der Waals surface area contributed by atoms with Gasteiger partial charge in [0.05, 0.1) is 13.7 Å². The lowest BCUT2D eigenvalue weighted by molar-refractivity contribution is 0.0876. The van der Waals surface area contributed by atoms with Crippen LogP contribution in [0, 0.1) is 0 Å². The molecule has 0 bridgehead atoms. The standard InChI is InChI=1S/C20H24N2O2/c1-21-10-12-22(13-11-21)15-20(23)17-8-6-16(7-9-17)18-4-3-5-19(14-18)24-2/h3-9,14H,10-13,15H2,1-2H3. The third kappa shape index (κ3) is 4.02. The van der Waals surface area contributed by atoms with Gasteiger partial charge in [0.25, 0.3) is 0 Å². The zero-order valence-electron chi connectivity index (χ0n) is 14.4. The van der Waals surface area contributed by atoms with Crippen molar-refractivity contribution in [3.63, 3.8) is 0 Å². The Morgan fingerprint density at radius 1 is 1.00 bits per heavy atom. The molecule has 0 atom stereocenters. The quantitative estimate of drug-likeness (QED) is 0.792. The van der Waals surface area contributed by atoms with Crippen LogP contribution in [-0.2, 0) is 0 Å². The van der Waals surface area contributed by atoms with Gasteiger partial charge in [0.2, 0.25) is 0 Å². The fraction of sp³-hybridized carbons (Fsp3) is 0.350. The Labute approximate surface area is 143 Å². The Hall–Kier alpha value is -2.17. The summed E-state index contributed by atoms with van der Waals surface area (Å²) in [5, 5.41) is 0. The van der Waals surface area contributed by atoms with E-state index in [1.807, 2.05) is 48.5 Å². The number of hydrogen-bond donors (Lipinski definition) is 0. The van der Waals surface area contributed by atoms with Crippen LogP contribution < -0.4 is 4.74 Å². The monoisotopic (exact) mass is 324 g/mol. The minimum Gasteiger partial charge on any atom is -0.497 e. The van der Waals surface area contributed by atoms with Gasteiger partial charge in [-0.25, -0.2) is 0 Å². The molecule has 1 saturated heterocycles. The Kier molecular flexibility index (Phi) is 5.28. The Morgan fingerprint density at radius 3 is 2.38 bits per heavy atom. The molecule has 4 nitrogen and oxygen atoms in total. The van der Waals surface area contributed by atoms with E-state index < -0.39 is 0 Å². The van der Waals surface area contributed by atoms with Crippen LogP contribution in [-0.4, -0.2) is 62.5 Å². The van der Waals surface area contributed by atoms with Crippen molar-refractivity contribution < 1.29 is 9.53 Å². The normalized spacial score (nSPS) is 16.1. The molecule has 0 aromatic heterocycles. The maximum Gasteiger partial charge on any atom is 0.176 e. The van der Waals surface area contributed by atoms with E-state index in [1.54, 1.807) is 7.11 Å². The van der Waals surface area contributed by atoms with E-state index in [2.05, 4.69) is 16.8 Å². The second-order valence-electron chi connectivity index (χ2n) is 6.31. The second kappa shape index (κ2) is 7.60. The Bertz CT molecular complexity index is 689. The smallest absolute Gasteiger partial charge is 0.176 e. The van der Waals surface area contributed by atoms with Crippen LogP contribution in [0.2, 0.25) is 0 Å². The molecule has 1 aliphatic rings. The summed E-state index contributed by atoms with van der Waals surface area (Å²) in [5.41, 5.74) is 2.96. The Balaban J connectivity index is 1.66. The second-order valence-corrected chi connectivity index (χ2v) is 6.31. The summed E-state index contributed by atoms with van der Waals surface area (Å²) in [7, 11) is 3.79. The number of Topliss-reactive ketones (excluding diaryl/α,β-unsaturated/α-hetero) is 1. The predicted octanol–water partition coefficient (Wildman–Crippen LogP) is 2.79. The molecule has 0 N–H and O–H groups in total. The van der Waals surface area contributed by atoms with Gasteiger partial charge < -0.3 is 9.64 Å². The summed E-state index contributed by atoms with van der Waals surface area (Å²) < 4.78 is 5.27. The van der Waals surface area contributed by atoms with E-state index in [0.29, 0.717) is 6.54 Å². The van der Waals surface area contributed by atoms with Crippen LogP contribution in [0.4, 0.5) is 0 Å². The van der Waals surface area contributed by atoms with Gasteiger partial charge in [-0.3, -0.25) is 9.69 Å². The Morgan fingerprint density at radius 2 is 1.71 bits per heavy atom. The van der Waals surface area contributed by atoms with E-state index in [-0.39, 0.29) is 5.78 Å². The maximum absolute atomic E-state index is 12.5. The molecule has 0 amide bonds. The summed E-state index contributed by atoms with van der Waals surface area (Å²) in [4.78, 5) is 17.0. The number of hydrogen-bond acceptors (Lipinski definition) is 4. The van der Waals surface area contributed by atoms with Crippen molar-refractivity contribution in [2.75, 3.05) is 46.9 Å². The summed E-state index contributed by atoms with van der Waals surface area (Å²) in [5.74, 6) is 1.03. The molecule has 4 heteroatoms. The average molecular weight is 324 g/mol. The molecule has 1 heterocycles. The van der Waals surface area contributed by atoms with E-state index >= 15 is 0 Å². The number of ketones is 1. The number of ether oxygens (including phenoxy) is 1. The van der Waals surface area contributed by atoms with Gasteiger partial charge in [-0.05, 0) is 30.3 Å². The molecule has 0 radical (unpaired) electrons. The van der Waals surface area contributed by atoms with Crippen molar-refractivity contribution in [2.24, 2.45) is 0 Å². The number of nitrogens with zero attached hydrogens (tertiary/aromatic N) is 2. The van der Waals surface area contributed by atoms with Gasteiger partial charge in [0.1, 0.15) is 5.75 Å². The van der Waals surface area contributed by atoms with Crippen LogP contribution in [0.1, 0.15) is 10.4 Å². The zero-order chi connectivity index (χ0) is 16.9. The minimum absolute atomic E-state index is 0.191. The van der Waals surface area contributed by atoms with Gasteiger partial charge in [-0.2, -0.15) is 0 Å². The van der Waals surface area contributed by atoms with Crippen molar-refractivity contribution in [3.8, 4) is 16.9 Å². The molecule has 0 unspecified atom stereocenters. The van der Waals surface area contributed by atoms with Crippen molar-refractivity contribution in [2.45, 2.75) is 0 Å². The highest BCUT2D eigenvalue weighted by molar-refractivity contribution is 5.98. The summed E-state index contributed by atoms with van der Waals surface area (Å²) in [6.45, 7) is 4.49. The zero-order valence-corrected chi connectivity index (χ0v) is 14.4. The number of rotatable bonds is 5. The molecule has 0 aliphatic carbocycles. The SMILES string of the molecule is COc1cccc(-c2ccc(C(=O)CN3CCN(C)CC3)cc2)c1.